The third kappa shape index (κ3) is 3.46. The van der Waals surface area contributed by atoms with Gasteiger partial charge in [0.1, 0.15) is 0 Å². The van der Waals surface area contributed by atoms with Gasteiger partial charge in [0.25, 0.3) is 0 Å². The number of nitrogens with one attached hydrogen (secondary N) is 1. The molecule has 2 atom stereocenters. The van der Waals surface area contributed by atoms with Crippen molar-refractivity contribution in [3.05, 3.63) is 0 Å². The number of hydrogen-bond donors (Lipinski definition) is 2. The molecule has 2 nitrogen and oxygen atoms in total. The topological polar surface area (TPSA) is 32.3 Å². The Morgan fingerprint density at radius 1 is 1.13 bits per heavy atom. The van der Waals surface area contributed by atoms with Gasteiger partial charge in [-0.15, -0.1) is 0 Å². The lowest BCUT2D eigenvalue weighted by Crippen LogP contribution is -2.36. The maximum atomic E-state index is 8.95. The molecule has 0 aromatic heterocycles. The fourth-order valence-corrected chi connectivity index (χ4v) is 3.04. The summed E-state index contributed by atoms with van der Waals surface area (Å²) in [6, 6.07) is 0.756. The molecule has 2 fully saturated rings. The summed E-state index contributed by atoms with van der Waals surface area (Å²) in [5, 5.41) is 12.7. The molecule has 0 amide bonds. The number of hydrogen-bond acceptors (Lipinski definition) is 2. The van der Waals surface area contributed by atoms with Crippen LogP contribution in [-0.4, -0.2) is 24.3 Å². The van der Waals surface area contributed by atoms with Crippen LogP contribution in [0.2, 0.25) is 0 Å². The van der Waals surface area contributed by atoms with Crippen LogP contribution in [0.25, 0.3) is 0 Å². The standard InChI is InChI=1S/C13H25NO/c15-10-4-5-12(11-7-8-11)13-6-2-1-3-9-14-13/h11-15H,1-10H2. The van der Waals surface area contributed by atoms with E-state index in [2.05, 4.69) is 5.32 Å². The predicted molar refractivity (Wildman–Crippen MR) is 62.8 cm³/mol. The van der Waals surface area contributed by atoms with Gasteiger partial charge >= 0.3 is 0 Å². The zero-order valence-corrected chi connectivity index (χ0v) is 9.75. The summed E-state index contributed by atoms with van der Waals surface area (Å²) in [5.41, 5.74) is 0. The van der Waals surface area contributed by atoms with Crippen molar-refractivity contribution in [1.29, 1.82) is 0 Å². The predicted octanol–water partition coefficient (Wildman–Crippen LogP) is 2.32. The molecule has 2 N–H and O–H groups in total. The minimum absolute atomic E-state index is 0.371. The second kappa shape index (κ2) is 5.86. The van der Waals surface area contributed by atoms with Gasteiger partial charge in [-0.05, 0) is 56.9 Å². The van der Waals surface area contributed by atoms with Crippen molar-refractivity contribution in [3.63, 3.8) is 0 Å². The van der Waals surface area contributed by atoms with Gasteiger partial charge in [0, 0.05) is 12.6 Å². The maximum Gasteiger partial charge on any atom is 0.0431 e. The van der Waals surface area contributed by atoms with Crippen molar-refractivity contribution < 1.29 is 5.11 Å². The van der Waals surface area contributed by atoms with E-state index in [-0.39, 0.29) is 0 Å². The minimum Gasteiger partial charge on any atom is -0.396 e. The fraction of sp³-hybridized carbons (Fsp3) is 1.00. The SMILES string of the molecule is OCCCC(C1CC1)C1CCCCCN1. The van der Waals surface area contributed by atoms with Gasteiger partial charge in [-0.1, -0.05) is 12.8 Å². The van der Waals surface area contributed by atoms with E-state index in [1.54, 1.807) is 0 Å². The average molecular weight is 211 g/mol. The van der Waals surface area contributed by atoms with Crippen LogP contribution >= 0.6 is 0 Å². The lowest BCUT2D eigenvalue weighted by Gasteiger charge is -2.27. The lowest BCUT2D eigenvalue weighted by molar-refractivity contribution is 0.237. The van der Waals surface area contributed by atoms with E-state index >= 15 is 0 Å². The van der Waals surface area contributed by atoms with E-state index < -0.39 is 0 Å². The Bertz CT molecular complexity index is 171. The third-order valence-corrected chi connectivity index (χ3v) is 4.04. The van der Waals surface area contributed by atoms with E-state index in [1.165, 1.54) is 51.5 Å². The lowest BCUT2D eigenvalue weighted by atomic mass is 9.87. The molecule has 0 bridgehead atoms. The van der Waals surface area contributed by atoms with Gasteiger partial charge in [0.15, 0.2) is 0 Å². The van der Waals surface area contributed by atoms with E-state index in [0.717, 1.165) is 24.3 Å². The van der Waals surface area contributed by atoms with Crippen molar-refractivity contribution in [3.8, 4) is 0 Å². The van der Waals surface area contributed by atoms with Crippen LogP contribution in [0.1, 0.15) is 51.4 Å². The molecule has 15 heavy (non-hydrogen) atoms. The highest BCUT2D eigenvalue weighted by molar-refractivity contribution is 4.89. The number of aliphatic hydroxyl groups is 1. The van der Waals surface area contributed by atoms with Gasteiger partial charge in [-0.2, -0.15) is 0 Å². The Balaban J connectivity index is 1.83. The second-order valence-corrected chi connectivity index (χ2v) is 5.28. The Morgan fingerprint density at radius 2 is 2.00 bits per heavy atom. The van der Waals surface area contributed by atoms with Crippen molar-refractivity contribution in [2.75, 3.05) is 13.2 Å². The molecule has 88 valence electrons. The summed E-state index contributed by atoms with van der Waals surface area (Å²) in [4.78, 5) is 0. The van der Waals surface area contributed by atoms with E-state index in [1.807, 2.05) is 0 Å². The molecule has 0 radical (unpaired) electrons. The van der Waals surface area contributed by atoms with Gasteiger partial charge in [-0.3, -0.25) is 0 Å². The molecule has 1 heterocycles. The van der Waals surface area contributed by atoms with E-state index in [9.17, 15) is 0 Å². The first-order chi connectivity index (χ1) is 7.42. The van der Waals surface area contributed by atoms with Gasteiger partial charge < -0.3 is 10.4 Å². The summed E-state index contributed by atoms with van der Waals surface area (Å²) in [6.07, 6.45) is 10.6. The highest BCUT2D eigenvalue weighted by Crippen LogP contribution is 2.42. The molecule has 1 saturated heterocycles. The molecule has 0 aromatic carbocycles. The molecule has 2 rings (SSSR count). The normalized spacial score (nSPS) is 29.8. The average Bonchev–Trinajstić information content (AvgIpc) is 3.05. The van der Waals surface area contributed by atoms with Crippen molar-refractivity contribution >= 4 is 0 Å². The van der Waals surface area contributed by atoms with Crippen LogP contribution in [-0.2, 0) is 0 Å². The van der Waals surface area contributed by atoms with Crippen molar-refractivity contribution in [1.82, 2.24) is 5.32 Å². The first kappa shape index (κ1) is 11.4. The van der Waals surface area contributed by atoms with Crippen LogP contribution in [0, 0.1) is 11.8 Å². The molecule has 0 aromatic rings. The smallest absolute Gasteiger partial charge is 0.0431 e. The molecule has 2 heteroatoms. The van der Waals surface area contributed by atoms with Gasteiger partial charge in [0.05, 0.1) is 0 Å². The molecule has 1 aliphatic heterocycles. The molecule has 2 aliphatic rings. The Kier molecular flexibility index (Phi) is 4.45. The zero-order chi connectivity index (χ0) is 10.5. The first-order valence-corrected chi connectivity index (χ1v) is 6.76. The van der Waals surface area contributed by atoms with Crippen molar-refractivity contribution in [2.45, 2.75) is 57.4 Å². The number of aliphatic hydroxyl groups excluding tert-OH is 1. The van der Waals surface area contributed by atoms with Crippen LogP contribution in [0.4, 0.5) is 0 Å². The van der Waals surface area contributed by atoms with Crippen LogP contribution < -0.4 is 5.32 Å². The third-order valence-electron chi connectivity index (χ3n) is 4.04. The fourth-order valence-electron chi connectivity index (χ4n) is 3.04. The summed E-state index contributed by atoms with van der Waals surface area (Å²) in [5.74, 6) is 1.84. The van der Waals surface area contributed by atoms with E-state index in [4.69, 9.17) is 5.11 Å². The summed E-state index contributed by atoms with van der Waals surface area (Å²) < 4.78 is 0. The van der Waals surface area contributed by atoms with Crippen LogP contribution in [0.3, 0.4) is 0 Å². The highest BCUT2D eigenvalue weighted by Gasteiger charge is 2.35. The molecule has 1 saturated carbocycles. The summed E-state index contributed by atoms with van der Waals surface area (Å²) in [7, 11) is 0. The Hall–Kier alpha value is -0.0800. The highest BCUT2D eigenvalue weighted by atomic mass is 16.2. The largest absolute Gasteiger partial charge is 0.396 e. The number of rotatable bonds is 5. The van der Waals surface area contributed by atoms with Gasteiger partial charge in [0.2, 0.25) is 0 Å². The van der Waals surface area contributed by atoms with E-state index in [0.29, 0.717) is 6.61 Å². The summed E-state index contributed by atoms with van der Waals surface area (Å²) >= 11 is 0. The first-order valence-electron chi connectivity index (χ1n) is 6.76. The van der Waals surface area contributed by atoms with Crippen molar-refractivity contribution in [2.24, 2.45) is 11.8 Å². The van der Waals surface area contributed by atoms with Gasteiger partial charge in [-0.25, -0.2) is 0 Å². The van der Waals surface area contributed by atoms with Crippen LogP contribution in [0.15, 0.2) is 0 Å². The molecular formula is C13H25NO. The summed E-state index contributed by atoms with van der Waals surface area (Å²) in [6.45, 7) is 1.59. The monoisotopic (exact) mass is 211 g/mol. The molecule has 1 aliphatic carbocycles. The minimum atomic E-state index is 0.371. The molecule has 2 unspecified atom stereocenters. The van der Waals surface area contributed by atoms with Crippen LogP contribution in [0.5, 0.6) is 0 Å². The Labute approximate surface area is 93.5 Å². The quantitative estimate of drug-likeness (QED) is 0.731. The molecule has 0 spiro atoms. The zero-order valence-electron chi connectivity index (χ0n) is 9.75. The Morgan fingerprint density at radius 3 is 2.73 bits per heavy atom. The second-order valence-electron chi connectivity index (χ2n) is 5.28. The molecular weight excluding hydrogens is 186 g/mol. The maximum absolute atomic E-state index is 8.95.